The van der Waals surface area contributed by atoms with Gasteiger partial charge in [0, 0.05) is 23.6 Å². The van der Waals surface area contributed by atoms with Crippen LogP contribution in [0.1, 0.15) is 16.6 Å². The molecule has 2 rings (SSSR count). The van der Waals surface area contributed by atoms with Gasteiger partial charge >= 0.3 is 0 Å². The van der Waals surface area contributed by atoms with E-state index in [0.717, 1.165) is 23.2 Å². The fourth-order valence-electron chi connectivity index (χ4n) is 1.57. The number of halogens is 2. The number of rotatable bonds is 4. The molecular formula is C11H11F2N3S. The lowest BCUT2D eigenvalue weighted by Gasteiger charge is -2.15. The Bertz CT molecular complexity index is 487. The maximum atomic E-state index is 13.6. The maximum absolute atomic E-state index is 13.6. The highest BCUT2D eigenvalue weighted by Gasteiger charge is 2.16. The Hall–Kier alpha value is -1.37. The Labute approximate surface area is 101 Å². The molecule has 0 aliphatic carbocycles. The highest BCUT2D eigenvalue weighted by atomic mass is 32.1. The minimum atomic E-state index is -0.489. The lowest BCUT2D eigenvalue weighted by Crippen LogP contribution is -2.30. The minimum absolute atomic E-state index is 0.211. The number of hydrogen-bond acceptors (Lipinski definition) is 4. The summed E-state index contributed by atoms with van der Waals surface area (Å²) in [4.78, 5) is 4.09. The molecule has 0 spiro atoms. The summed E-state index contributed by atoms with van der Waals surface area (Å²) in [6.45, 7) is 0. The van der Waals surface area contributed by atoms with Crippen LogP contribution in [0.15, 0.2) is 29.8 Å². The van der Waals surface area contributed by atoms with Crippen LogP contribution >= 0.6 is 11.3 Å². The van der Waals surface area contributed by atoms with Gasteiger partial charge in [-0.3, -0.25) is 11.3 Å². The Balaban J connectivity index is 2.25. The van der Waals surface area contributed by atoms with Crippen LogP contribution in [0.3, 0.4) is 0 Å². The third kappa shape index (κ3) is 2.85. The first-order valence-electron chi connectivity index (χ1n) is 5.00. The first kappa shape index (κ1) is 12.1. The van der Waals surface area contributed by atoms with Crippen LogP contribution in [0.2, 0.25) is 0 Å². The molecule has 1 unspecified atom stereocenters. The second-order valence-corrected chi connectivity index (χ2v) is 4.49. The minimum Gasteiger partial charge on any atom is -0.271 e. The Morgan fingerprint density at radius 3 is 2.88 bits per heavy atom. The molecule has 0 radical (unpaired) electrons. The molecule has 17 heavy (non-hydrogen) atoms. The second kappa shape index (κ2) is 5.31. The molecule has 3 N–H and O–H groups in total. The standard InChI is InChI=1S/C11H11F2N3S/c12-7-1-2-9(13)8(5-7)10(16-14)6-11-15-3-4-17-11/h1-5,10,16H,6,14H2. The summed E-state index contributed by atoms with van der Waals surface area (Å²) in [5.74, 6) is 4.41. The molecule has 1 aromatic heterocycles. The molecule has 1 aromatic carbocycles. The van der Waals surface area contributed by atoms with E-state index in [1.54, 1.807) is 6.20 Å². The van der Waals surface area contributed by atoms with Crippen molar-refractivity contribution < 1.29 is 8.78 Å². The molecule has 0 aliphatic rings. The summed E-state index contributed by atoms with van der Waals surface area (Å²) in [5.41, 5.74) is 2.70. The second-order valence-electron chi connectivity index (χ2n) is 3.52. The average Bonchev–Trinajstić information content (AvgIpc) is 2.82. The van der Waals surface area contributed by atoms with Gasteiger partial charge in [-0.05, 0) is 18.2 Å². The van der Waals surface area contributed by atoms with Crippen molar-refractivity contribution in [3.8, 4) is 0 Å². The van der Waals surface area contributed by atoms with Crippen molar-refractivity contribution in [2.45, 2.75) is 12.5 Å². The van der Waals surface area contributed by atoms with E-state index in [9.17, 15) is 8.78 Å². The lowest BCUT2D eigenvalue weighted by atomic mass is 10.0. The van der Waals surface area contributed by atoms with Crippen molar-refractivity contribution in [1.82, 2.24) is 10.4 Å². The monoisotopic (exact) mass is 255 g/mol. The van der Waals surface area contributed by atoms with Gasteiger partial charge in [-0.2, -0.15) is 0 Å². The Kier molecular flexibility index (Phi) is 3.78. The molecule has 0 saturated carbocycles. The van der Waals surface area contributed by atoms with Crippen LogP contribution in [-0.2, 0) is 6.42 Å². The summed E-state index contributed by atoms with van der Waals surface area (Å²) in [6, 6.07) is 2.83. The largest absolute Gasteiger partial charge is 0.271 e. The van der Waals surface area contributed by atoms with Crippen molar-refractivity contribution in [3.63, 3.8) is 0 Å². The number of thiazole rings is 1. The van der Waals surface area contributed by atoms with Gasteiger partial charge in [-0.1, -0.05) is 0 Å². The first-order chi connectivity index (χ1) is 8.20. The van der Waals surface area contributed by atoms with Crippen molar-refractivity contribution in [2.75, 3.05) is 0 Å². The number of nitrogens with zero attached hydrogens (tertiary/aromatic N) is 1. The van der Waals surface area contributed by atoms with Crippen LogP contribution in [0, 0.1) is 11.6 Å². The van der Waals surface area contributed by atoms with E-state index in [4.69, 9.17) is 5.84 Å². The Morgan fingerprint density at radius 1 is 1.41 bits per heavy atom. The van der Waals surface area contributed by atoms with E-state index in [0.29, 0.717) is 6.42 Å². The summed E-state index contributed by atoms with van der Waals surface area (Å²) in [6.07, 6.45) is 2.09. The van der Waals surface area contributed by atoms with Gasteiger partial charge in [0.15, 0.2) is 0 Å². The first-order valence-corrected chi connectivity index (χ1v) is 5.88. The molecule has 0 saturated heterocycles. The van der Waals surface area contributed by atoms with Gasteiger partial charge in [0.2, 0.25) is 0 Å². The smallest absolute Gasteiger partial charge is 0.128 e. The highest BCUT2D eigenvalue weighted by molar-refractivity contribution is 7.09. The highest BCUT2D eigenvalue weighted by Crippen LogP contribution is 2.22. The number of nitrogens with two attached hydrogens (primary N) is 1. The molecule has 6 heteroatoms. The zero-order chi connectivity index (χ0) is 12.3. The normalized spacial score (nSPS) is 12.6. The van der Waals surface area contributed by atoms with Crippen molar-refractivity contribution in [1.29, 1.82) is 0 Å². The fourth-order valence-corrected chi connectivity index (χ4v) is 2.23. The maximum Gasteiger partial charge on any atom is 0.128 e. The molecular weight excluding hydrogens is 244 g/mol. The Morgan fingerprint density at radius 2 is 2.24 bits per heavy atom. The van der Waals surface area contributed by atoms with E-state index in [1.807, 2.05) is 5.38 Å². The van der Waals surface area contributed by atoms with Crippen LogP contribution in [-0.4, -0.2) is 4.98 Å². The lowest BCUT2D eigenvalue weighted by molar-refractivity contribution is 0.502. The molecule has 90 valence electrons. The van der Waals surface area contributed by atoms with Gasteiger partial charge in [-0.15, -0.1) is 11.3 Å². The molecule has 0 aliphatic heterocycles. The van der Waals surface area contributed by atoms with Gasteiger partial charge in [0.25, 0.3) is 0 Å². The SMILES string of the molecule is NNC(Cc1nccs1)c1cc(F)ccc1F. The summed E-state index contributed by atoms with van der Waals surface area (Å²) >= 11 is 1.45. The van der Waals surface area contributed by atoms with E-state index in [-0.39, 0.29) is 5.56 Å². The third-order valence-corrected chi connectivity index (χ3v) is 3.20. The zero-order valence-electron chi connectivity index (χ0n) is 8.86. The number of aromatic nitrogens is 1. The number of hydrogen-bond donors (Lipinski definition) is 2. The molecule has 2 aromatic rings. The number of nitrogens with one attached hydrogen (secondary N) is 1. The quantitative estimate of drug-likeness (QED) is 0.650. The van der Waals surface area contributed by atoms with Gasteiger partial charge in [0.1, 0.15) is 11.6 Å². The molecule has 1 atom stereocenters. The van der Waals surface area contributed by atoms with E-state index in [2.05, 4.69) is 10.4 Å². The van der Waals surface area contributed by atoms with Crippen molar-refractivity contribution in [3.05, 3.63) is 52.0 Å². The van der Waals surface area contributed by atoms with Crippen LogP contribution in [0.25, 0.3) is 0 Å². The summed E-state index contributed by atoms with van der Waals surface area (Å²) in [7, 11) is 0. The van der Waals surface area contributed by atoms with Crippen LogP contribution < -0.4 is 11.3 Å². The molecule has 0 amide bonds. The van der Waals surface area contributed by atoms with E-state index in [1.165, 1.54) is 11.3 Å². The predicted molar refractivity (Wildman–Crippen MR) is 62.2 cm³/mol. The predicted octanol–water partition coefficient (Wildman–Crippen LogP) is 2.17. The van der Waals surface area contributed by atoms with Gasteiger partial charge < -0.3 is 0 Å². The third-order valence-electron chi connectivity index (χ3n) is 2.40. The molecule has 0 fully saturated rings. The molecule has 3 nitrogen and oxygen atoms in total. The van der Waals surface area contributed by atoms with Crippen molar-refractivity contribution in [2.24, 2.45) is 5.84 Å². The number of hydrazine groups is 1. The fraction of sp³-hybridized carbons (Fsp3) is 0.182. The van der Waals surface area contributed by atoms with Gasteiger partial charge in [0.05, 0.1) is 11.0 Å². The van der Waals surface area contributed by atoms with Crippen LogP contribution in [0.4, 0.5) is 8.78 Å². The van der Waals surface area contributed by atoms with Gasteiger partial charge in [-0.25, -0.2) is 13.8 Å². The van der Waals surface area contributed by atoms with E-state index < -0.39 is 17.7 Å². The summed E-state index contributed by atoms with van der Waals surface area (Å²) < 4.78 is 26.6. The number of benzene rings is 1. The average molecular weight is 255 g/mol. The topological polar surface area (TPSA) is 50.9 Å². The summed E-state index contributed by atoms with van der Waals surface area (Å²) in [5, 5.41) is 2.64. The van der Waals surface area contributed by atoms with Crippen LogP contribution in [0.5, 0.6) is 0 Å². The zero-order valence-corrected chi connectivity index (χ0v) is 9.68. The molecule has 0 bridgehead atoms. The van der Waals surface area contributed by atoms with Crippen molar-refractivity contribution >= 4 is 11.3 Å². The van der Waals surface area contributed by atoms with E-state index >= 15 is 0 Å². The molecule has 1 heterocycles.